The molecule has 0 aromatic heterocycles. The third-order valence-corrected chi connectivity index (χ3v) is 4.19. The molecule has 0 spiro atoms. The van der Waals surface area contributed by atoms with Gasteiger partial charge in [-0.2, -0.15) is 0 Å². The fraction of sp³-hybridized carbons (Fsp3) is 0.500. The molecule has 2 rings (SSSR count). The van der Waals surface area contributed by atoms with Gasteiger partial charge >= 0.3 is 5.97 Å². The van der Waals surface area contributed by atoms with E-state index in [4.69, 9.17) is 17.0 Å². The van der Waals surface area contributed by atoms with Gasteiger partial charge in [-0.1, -0.05) is 6.07 Å². The number of hydrogen-bond acceptors (Lipinski definition) is 3. The monoisotopic (exact) mass is 324 g/mol. The highest BCUT2D eigenvalue weighted by Gasteiger charge is 2.27. The fourth-order valence-electron chi connectivity index (χ4n) is 2.45. The molecule has 1 aromatic carbocycles. The van der Waals surface area contributed by atoms with Crippen LogP contribution in [0.1, 0.15) is 25.3 Å². The Kier molecular flexibility index (Phi) is 5.71. The molecule has 1 fully saturated rings. The number of nitrogens with one attached hydrogen (secondary N) is 1. The average Bonchev–Trinajstić information content (AvgIpc) is 2.51. The zero-order chi connectivity index (χ0) is 16.1. The van der Waals surface area contributed by atoms with E-state index >= 15 is 0 Å². The molecule has 4 nitrogen and oxygen atoms in total. The number of rotatable bonds is 3. The van der Waals surface area contributed by atoms with E-state index in [0.717, 1.165) is 12.8 Å². The fourth-order valence-corrected chi connectivity index (χ4v) is 2.75. The molecule has 22 heavy (non-hydrogen) atoms. The molecule has 120 valence electrons. The van der Waals surface area contributed by atoms with Crippen LogP contribution in [0.4, 0.5) is 10.1 Å². The van der Waals surface area contributed by atoms with E-state index in [1.807, 2.05) is 11.8 Å². The molecule has 0 radical (unpaired) electrons. The molecule has 1 N–H and O–H groups in total. The smallest absolute Gasteiger partial charge is 0.309 e. The van der Waals surface area contributed by atoms with Crippen molar-refractivity contribution in [2.24, 2.45) is 5.92 Å². The number of esters is 1. The molecule has 0 atom stereocenters. The Labute approximate surface area is 135 Å². The van der Waals surface area contributed by atoms with Gasteiger partial charge in [-0.05, 0) is 56.6 Å². The highest BCUT2D eigenvalue weighted by atomic mass is 32.1. The van der Waals surface area contributed by atoms with Gasteiger partial charge in [-0.15, -0.1) is 0 Å². The summed E-state index contributed by atoms with van der Waals surface area (Å²) in [6.07, 6.45) is 1.45. The van der Waals surface area contributed by atoms with Crippen LogP contribution in [0.25, 0.3) is 0 Å². The van der Waals surface area contributed by atoms with Gasteiger partial charge in [0.15, 0.2) is 5.11 Å². The van der Waals surface area contributed by atoms with Crippen LogP contribution < -0.4 is 5.32 Å². The van der Waals surface area contributed by atoms with Gasteiger partial charge in [-0.3, -0.25) is 4.79 Å². The number of hydrogen-bond donors (Lipinski definition) is 1. The van der Waals surface area contributed by atoms with Crippen LogP contribution in [0.5, 0.6) is 0 Å². The van der Waals surface area contributed by atoms with Crippen LogP contribution in [-0.2, 0) is 9.53 Å². The molecule has 0 saturated carbocycles. The molecule has 0 aliphatic carbocycles. The number of nitrogens with zero attached hydrogens (tertiary/aromatic N) is 1. The van der Waals surface area contributed by atoms with E-state index < -0.39 is 0 Å². The molecular formula is C16H21FN2O2S. The second-order valence-electron chi connectivity index (χ2n) is 5.41. The number of benzene rings is 1. The van der Waals surface area contributed by atoms with E-state index in [0.29, 0.717) is 36.1 Å². The van der Waals surface area contributed by atoms with Gasteiger partial charge in [0.25, 0.3) is 0 Å². The first-order chi connectivity index (χ1) is 10.5. The van der Waals surface area contributed by atoms with Crippen molar-refractivity contribution in [2.75, 3.05) is 25.0 Å². The number of piperidine rings is 1. The normalized spacial score (nSPS) is 15.5. The van der Waals surface area contributed by atoms with Crippen molar-refractivity contribution < 1.29 is 13.9 Å². The van der Waals surface area contributed by atoms with E-state index in [-0.39, 0.29) is 17.7 Å². The van der Waals surface area contributed by atoms with Crippen LogP contribution >= 0.6 is 12.2 Å². The second kappa shape index (κ2) is 7.54. The molecular weight excluding hydrogens is 303 g/mol. The van der Waals surface area contributed by atoms with Crippen LogP contribution in [0, 0.1) is 18.7 Å². The van der Waals surface area contributed by atoms with Crippen LogP contribution in [0.15, 0.2) is 18.2 Å². The first-order valence-electron chi connectivity index (χ1n) is 7.50. The molecule has 1 aliphatic heterocycles. The quantitative estimate of drug-likeness (QED) is 0.683. The summed E-state index contributed by atoms with van der Waals surface area (Å²) >= 11 is 5.36. The lowest BCUT2D eigenvalue weighted by Gasteiger charge is -2.32. The van der Waals surface area contributed by atoms with Gasteiger partial charge in [0.2, 0.25) is 0 Å². The van der Waals surface area contributed by atoms with E-state index in [1.165, 1.54) is 6.07 Å². The summed E-state index contributed by atoms with van der Waals surface area (Å²) in [6, 6.07) is 4.95. The first kappa shape index (κ1) is 16.7. The summed E-state index contributed by atoms with van der Waals surface area (Å²) < 4.78 is 18.6. The number of carbonyl (C=O) groups is 1. The molecule has 1 saturated heterocycles. The number of halogens is 1. The highest BCUT2D eigenvalue weighted by Crippen LogP contribution is 2.20. The zero-order valence-electron chi connectivity index (χ0n) is 12.9. The van der Waals surface area contributed by atoms with Crippen molar-refractivity contribution in [2.45, 2.75) is 26.7 Å². The van der Waals surface area contributed by atoms with Crippen LogP contribution in [0.2, 0.25) is 0 Å². The summed E-state index contributed by atoms with van der Waals surface area (Å²) in [5, 5.41) is 3.61. The third kappa shape index (κ3) is 4.16. The minimum absolute atomic E-state index is 0.0455. The van der Waals surface area contributed by atoms with Crippen molar-refractivity contribution in [3.05, 3.63) is 29.6 Å². The summed E-state index contributed by atoms with van der Waals surface area (Å²) in [6.45, 7) is 5.34. The average molecular weight is 324 g/mol. The number of anilines is 1. The Morgan fingerprint density at radius 3 is 2.73 bits per heavy atom. The van der Waals surface area contributed by atoms with Crippen molar-refractivity contribution in [3.63, 3.8) is 0 Å². The molecule has 1 aromatic rings. The Morgan fingerprint density at radius 2 is 2.14 bits per heavy atom. The number of aryl methyl sites for hydroxylation is 1. The lowest BCUT2D eigenvalue weighted by atomic mass is 9.97. The number of ether oxygens (including phenoxy) is 1. The lowest BCUT2D eigenvalue weighted by molar-refractivity contribution is -0.149. The van der Waals surface area contributed by atoms with Crippen molar-refractivity contribution in [1.82, 2.24) is 4.90 Å². The van der Waals surface area contributed by atoms with E-state index in [1.54, 1.807) is 19.1 Å². The van der Waals surface area contributed by atoms with Gasteiger partial charge in [-0.25, -0.2) is 4.39 Å². The predicted octanol–water partition coefficient (Wildman–Crippen LogP) is 3.11. The summed E-state index contributed by atoms with van der Waals surface area (Å²) in [4.78, 5) is 13.7. The molecule has 1 aliphatic rings. The number of carbonyl (C=O) groups excluding carboxylic acids is 1. The molecule has 0 bridgehead atoms. The first-order valence-corrected chi connectivity index (χ1v) is 7.90. The molecule has 6 heteroatoms. The maximum atomic E-state index is 13.5. The van der Waals surface area contributed by atoms with Crippen molar-refractivity contribution in [1.29, 1.82) is 0 Å². The number of likely N-dealkylation sites (tertiary alicyclic amines) is 1. The maximum absolute atomic E-state index is 13.5. The van der Waals surface area contributed by atoms with Gasteiger partial charge in [0.05, 0.1) is 12.5 Å². The molecule has 0 unspecified atom stereocenters. The Hall–Kier alpha value is -1.69. The maximum Gasteiger partial charge on any atom is 0.309 e. The summed E-state index contributed by atoms with van der Waals surface area (Å²) in [5.74, 6) is -0.425. The minimum Gasteiger partial charge on any atom is -0.466 e. The zero-order valence-corrected chi connectivity index (χ0v) is 13.7. The standard InChI is InChI=1S/C16H21FN2O2S/c1-3-21-15(20)12-6-8-19(9-7-12)16(22)18-13-5-4-11(2)14(17)10-13/h4-5,10,12H,3,6-9H2,1-2H3,(H,18,22). The predicted molar refractivity (Wildman–Crippen MR) is 88.3 cm³/mol. The topological polar surface area (TPSA) is 41.6 Å². The van der Waals surface area contributed by atoms with Gasteiger partial charge < -0.3 is 15.0 Å². The molecule has 1 heterocycles. The highest BCUT2D eigenvalue weighted by molar-refractivity contribution is 7.80. The third-order valence-electron chi connectivity index (χ3n) is 3.83. The van der Waals surface area contributed by atoms with Crippen LogP contribution in [-0.4, -0.2) is 35.7 Å². The Morgan fingerprint density at radius 1 is 1.45 bits per heavy atom. The van der Waals surface area contributed by atoms with Gasteiger partial charge in [0, 0.05) is 18.8 Å². The molecule has 0 amide bonds. The summed E-state index contributed by atoms with van der Waals surface area (Å²) in [5.41, 5.74) is 1.24. The van der Waals surface area contributed by atoms with Crippen LogP contribution in [0.3, 0.4) is 0 Å². The minimum atomic E-state index is -0.256. The lowest BCUT2D eigenvalue weighted by Crippen LogP contribution is -2.42. The summed E-state index contributed by atoms with van der Waals surface area (Å²) in [7, 11) is 0. The van der Waals surface area contributed by atoms with E-state index in [9.17, 15) is 9.18 Å². The Bertz CT molecular complexity index is 557. The van der Waals surface area contributed by atoms with Crippen molar-refractivity contribution in [3.8, 4) is 0 Å². The number of thiocarbonyl (C=S) groups is 1. The van der Waals surface area contributed by atoms with Crippen molar-refractivity contribution >= 4 is 29.0 Å². The van der Waals surface area contributed by atoms with Gasteiger partial charge in [0.1, 0.15) is 5.82 Å². The largest absolute Gasteiger partial charge is 0.466 e. The SMILES string of the molecule is CCOC(=O)C1CCN(C(=S)Nc2ccc(C)c(F)c2)CC1. The second-order valence-corrected chi connectivity index (χ2v) is 5.79. The van der Waals surface area contributed by atoms with E-state index in [2.05, 4.69) is 5.32 Å². The Balaban J connectivity index is 1.87.